The first-order valence-corrected chi connectivity index (χ1v) is 6.02. The Hall–Kier alpha value is -0.320. The number of hydrogen-bond donors (Lipinski definition) is 2. The molecule has 0 bridgehead atoms. The molecule has 0 saturated heterocycles. The molecule has 0 spiro atoms. The number of nitrogens with two attached hydrogens (primary N) is 1. The van der Waals surface area contributed by atoms with Gasteiger partial charge in [-0.15, -0.1) is 12.4 Å². The predicted octanol–water partition coefficient (Wildman–Crippen LogP) is 1.32. The molecule has 0 heterocycles. The predicted molar refractivity (Wildman–Crippen MR) is 71.2 cm³/mol. The molecule has 102 valence electrons. The van der Waals surface area contributed by atoms with Gasteiger partial charge in [0, 0.05) is 13.2 Å². The highest BCUT2D eigenvalue weighted by Crippen LogP contribution is 2.28. The maximum Gasteiger partial charge on any atom is 0.237 e. The van der Waals surface area contributed by atoms with Crippen molar-refractivity contribution in [1.29, 1.82) is 0 Å². The van der Waals surface area contributed by atoms with Crippen LogP contribution in [0.25, 0.3) is 0 Å². The van der Waals surface area contributed by atoms with Gasteiger partial charge < -0.3 is 15.8 Å². The molecule has 1 fully saturated rings. The molecule has 0 aromatic carbocycles. The average Bonchev–Trinajstić information content (AvgIpc) is 2.98. The van der Waals surface area contributed by atoms with Crippen molar-refractivity contribution < 1.29 is 9.53 Å². The maximum atomic E-state index is 11.6. The van der Waals surface area contributed by atoms with E-state index < -0.39 is 6.04 Å². The molecular formula is C12H25ClN2O2. The summed E-state index contributed by atoms with van der Waals surface area (Å²) in [5.74, 6) is 0.676. The molecule has 1 saturated carbocycles. The Balaban J connectivity index is 0.00000256. The van der Waals surface area contributed by atoms with E-state index in [1.807, 2.05) is 20.8 Å². The number of hydrogen-bond acceptors (Lipinski definition) is 3. The van der Waals surface area contributed by atoms with E-state index in [0.29, 0.717) is 13.2 Å². The van der Waals surface area contributed by atoms with Crippen molar-refractivity contribution in [2.75, 3.05) is 19.8 Å². The number of rotatable bonds is 6. The van der Waals surface area contributed by atoms with E-state index in [2.05, 4.69) is 5.32 Å². The highest BCUT2D eigenvalue weighted by Gasteiger charge is 2.27. The van der Waals surface area contributed by atoms with Crippen LogP contribution in [0.5, 0.6) is 0 Å². The van der Waals surface area contributed by atoms with Gasteiger partial charge in [0.1, 0.15) is 0 Å². The number of carbonyl (C=O) groups is 1. The van der Waals surface area contributed by atoms with E-state index in [0.717, 1.165) is 12.5 Å². The minimum absolute atomic E-state index is 0. The maximum absolute atomic E-state index is 11.6. The lowest BCUT2D eigenvalue weighted by Crippen LogP contribution is -2.49. The summed E-state index contributed by atoms with van der Waals surface area (Å²) in [6.07, 6.45) is 2.59. The van der Waals surface area contributed by atoms with Gasteiger partial charge >= 0.3 is 0 Å². The van der Waals surface area contributed by atoms with E-state index in [1.54, 1.807) is 0 Å². The Bertz CT molecular complexity index is 237. The fourth-order valence-electron chi connectivity index (χ4n) is 1.28. The second kappa shape index (κ2) is 7.19. The van der Waals surface area contributed by atoms with Crippen LogP contribution in [0.4, 0.5) is 0 Å². The third-order valence-electron chi connectivity index (χ3n) is 2.81. The number of ether oxygens (including phenoxy) is 1. The Morgan fingerprint density at radius 2 is 2.06 bits per heavy atom. The topological polar surface area (TPSA) is 64.4 Å². The molecule has 1 aliphatic rings. The molecule has 1 rings (SSSR count). The highest BCUT2D eigenvalue weighted by atomic mass is 35.5. The third kappa shape index (κ3) is 6.86. The van der Waals surface area contributed by atoms with Crippen LogP contribution in [0.2, 0.25) is 0 Å². The number of carbonyl (C=O) groups excluding carboxylic acids is 1. The fourth-order valence-corrected chi connectivity index (χ4v) is 1.28. The van der Waals surface area contributed by atoms with Crippen LogP contribution in [0.15, 0.2) is 0 Å². The van der Waals surface area contributed by atoms with Gasteiger partial charge in [-0.25, -0.2) is 0 Å². The largest absolute Gasteiger partial charge is 0.379 e. The smallest absolute Gasteiger partial charge is 0.237 e. The van der Waals surface area contributed by atoms with Gasteiger partial charge in [-0.3, -0.25) is 4.79 Å². The molecule has 5 heteroatoms. The lowest BCUT2D eigenvalue weighted by Gasteiger charge is -2.25. The Kier molecular flexibility index (Phi) is 7.05. The first kappa shape index (κ1) is 16.7. The monoisotopic (exact) mass is 264 g/mol. The van der Waals surface area contributed by atoms with E-state index in [4.69, 9.17) is 10.5 Å². The van der Waals surface area contributed by atoms with Crippen LogP contribution in [0, 0.1) is 11.3 Å². The summed E-state index contributed by atoms with van der Waals surface area (Å²) in [5, 5.41) is 2.79. The fraction of sp³-hybridized carbons (Fsp3) is 0.917. The second-order valence-corrected chi connectivity index (χ2v) is 5.65. The lowest BCUT2D eigenvalue weighted by molar-refractivity contribution is -0.124. The first-order valence-electron chi connectivity index (χ1n) is 6.02. The zero-order valence-electron chi connectivity index (χ0n) is 11.0. The van der Waals surface area contributed by atoms with Gasteiger partial charge in [0.15, 0.2) is 0 Å². The van der Waals surface area contributed by atoms with Crippen LogP contribution < -0.4 is 11.1 Å². The molecule has 17 heavy (non-hydrogen) atoms. The summed E-state index contributed by atoms with van der Waals surface area (Å²) in [4.78, 5) is 11.6. The van der Waals surface area contributed by atoms with Crippen molar-refractivity contribution >= 4 is 18.3 Å². The van der Waals surface area contributed by atoms with Crippen LogP contribution in [0.3, 0.4) is 0 Å². The van der Waals surface area contributed by atoms with Crippen LogP contribution in [0.1, 0.15) is 33.6 Å². The van der Waals surface area contributed by atoms with Gasteiger partial charge in [0.05, 0.1) is 12.6 Å². The van der Waals surface area contributed by atoms with Crippen molar-refractivity contribution in [2.45, 2.75) is 39.7 Å². The molecule has 0 aliphatic heterocycles. The number of nitrogens with one attached hydrogen (secondary N) is 1. The molecule has 0 aromatic heterocycles. The molecule has 0 unspecified atom stereocenters. The summed E-state index contributed by atoms with van der Waals surface area (Å²) in [6.45, 7) is 7.85. The molecule has 0 radical (unpaired) electrons. The number of amides is 1. The standard InChI is InChI=1S/C12H24N2O2.ClH/c1-12(2,3)10(13)11(15)14-6-7-16-8-9-4-5-9;/h9-10H,4-8,13H2,1-3H3,(H,14,15);1H/t10-;/m1./s1. The van der Waals surface area contributed by atoms with E-state index in [9.17, 15) is 4.79 Å². The minimum Gasteiger partial charge on any atom is -0.379 e. The Morgan fingerprint density at radius 1 is 1.47 bits per heavy atom. The molecule has 1 amide bonds. The Labute approximate surface area is 110 Å². The summed E-state index contributed by atoms with van der Waals surface area (Å²) < 4.78 is 5.42. The average molecular weight is 265 g/mol. The van der Waals surface area contributed by atoms with E-state index in [-0.39, 0.29) is 23.7 Å². The minimum atomic E-state index is -0.462. The first-order chi connectivity index (χ1) is 7.41. The van der Waals surface area contributed by atoms with Crippen molar-refractivity contribution in [3.05, 3.63) is 0 Å². The zero-order valence-corrected chi connectivity index (χ0v) is 11.8. The third-order valence-corrected chi connectivity index (χ3v) is 2.81. The van der Waals surface area contributed by atoms with E-state index >= 15 is 0 Å². The summed E-state index contributed by atoms with van der Waals surface area (Å²) >= 11 is 0. The van der Waals surface area contributed by atoms with Crippen LogP contribution >= 0.6 is 12.4 Å². The Morgan fingerprint density at radius 3 is 2.53 bits per heavy atom. The summed E-state index contributed by atoms with van der Waals surface area (Å²) in [7, 11) is 0. The normalized spacial score (nSPS) is 17.2. The van der Waals surface area contributed by atoms with Crippen molar-refractivity contribution in [2.24, 2.45) is 17.1 Å². The van der Waals surface area contributed by atoms with Crippen molar-refractivity contribution in [1.82, 2.24) is 5.32 Å². The lowest BCUT2D eigenvalue weighted by atomic mass is 9.87. The molecule has 0 aromatic rings. The highest BCUT2D eigenvalue weighted by molar-refractivity contribution is 5.85. The van der Waals surface area contributed by atoms with Gasteiger partial charge in [-0.05, 0) is 24.2 Å². The molecule has 1 aliphatic carbocycles. The SMILES string of the molecule is CC(C)(C)[C@H](N)C(=O)NCCOCC1CC1.Cl. The van der Waals surface area contributed by atoms with Crippen LogP contribution in [-0.4, -0.2) is 31.7 Å². The van der Waals surface area contributed by atoms with Crippen LogP contribution in [-0.2, 0) is 9.53 Å². The van der Waals surface area contributed by atoms with Gasteiger partial charge in [-0.1, -0.05) is 20.8 Å². The second-order valence-electron chi connectivity index (χ2n) is 5.65. The van der Waals surface area contributed by atoms with Gasteiger partial charge in [-0.2, -0.15) is 0 Å². The molecular weight excluding hydrogens is 240 g/mol. The van der Waals surface area contributed by atoms with E-state index in [1.165, 1.54) is 12.8 Å². The number of halogens is 1. The van der Waals surface area contributed by atoms with Crippen molar-refractivity contribution in [3.63, 3.8) is 0 Å². The van der Waals surface area contributed by atoms with Crippen molar-refractivity contribution in [3.8, 4) is 0 Å². The molecule has 4 nitrogen and oxygen atoms in total. The molecule has 1 atom stereocenters. The quantitative estimate of drug-likeness (QED) is 0.712. The molecule has 3 N–H and O–H groups in total. The summed E-state index contributed by atoms with van der Waals surface area (Å²) in [5.41, 5.74) is 5.62. The van der Waals surface area contributed by atoms with Gasteiger partial charge in [0.2, 0.25) is 5.91 Å². The zero-order chi connectivity index (χ0) is 12.2. The summed E-state index contributed by atoms with van der Waals surface area (Å²) in [6, 6.07) is -0.462. The van der Waals surface area contributed by atoms with Gasteiger partial charge in [0.25, 0.3) is 0 Å².